The predicted molar refractivity (Wildman–Crippen MR) is 123 cm³/mol. The Hall–Kier alpha value is -4.09. The maximum Gasteiger partial charge on any atom is 0.416 e. The topological polar surface area (TPSA) is 138 Å². The molecule has 7 N–H and O–H groups in total. The highest BCUT2D eigenvalue weighted by atomic mass is 19.4. The summed E-state index contributed by atoms with van der Waals surface area (Å²) >= 11 is 0. The Morgan fingerprint density at radius 3 is 2.43 bits per heavy atom. The summed E-state index contributed by atoms with van der Waals surface area (Å²) in [7, 11) is 0. The number of carbonyl (C=O) groups is 2. The van der Waals surface area contributed by atoms with E-state index in [-0.39, 0.29) is 31.2 Å². The molecular formula is C23H24F4N6O2. The van der Waals surface area contributed by atoms with Gasteiger partial charge in [0.15, 0.2) is 5.96 Å². The zero-order valence-corrected chi connectivity index (χ0v) is 18.5. The molecule has 1 aromatic heterocycles. The molecule has 2 aromatic carbocycles. The van der Waals surface area contributed by atoms with E-state index < -0.39 is 35.4 Å². The first-order valence-corrected chi connectivity index (χ1v) is 10.6. The molecule has 8 nitrogen and oxygen atoms in total. The Morgan fingerprint density at radius 2 is 1.77 bits per heavy atom. The van der Waals surface area contributed by atoms with Crippen LogP contribution in [-0.2, 0) is 17.5 Å². The number of halogens is 4. The van der Waals surface area contributed by atoms with E-state index in [1.165, 1.54) is 36.4 Å². The Balaban J connectivity index is 1.68. The van der Waals surface area contributed by atoms with Crippen LogP contribution in [0.4, 0.5) is 17.6 Å². The Kier molecular flexibility index (Phi) is 7.94. The molecule has 0 saturated heterocycles. The summed E-state index contributed by atoms with van der Waals surface area (Å²) < 4.78 is 51.6. The maximum absolute atomic E-state index is 13.4. The van der Waals surface area contributed by atoms with Crippen LogP contribution in [0.1, 0.15) is 34.5 Å². The number of nitrogens with one attached hydrogen (secondary N) is 3. The van der Waals surface area contributed by atoms with Crippen molar-refractivity contribution in [3.63, 3.8) is 0 Å². The monoisotopic (exact) mass is 492 g/mol. The first-order valence-electron chi connectivity index (χ1n) is 10.6. The molecular weight excluding hydrogens is 468 g/mol. The van der Waals surface area contributed by atoms with Crippen molar-refractivity contribution in [3.05, 3.63) is 71.2 Å². The van der Waals surface area contributed by atoms with Crippen molar-refractivity contribution in [3.8, 4) is 0 Å². The Morgan fingerprint density at radius 1 is 1.06 bits per heavy atom. The fourth-order valence-electron chi connectivity index (χ4n) is 3.36. The summed E-state index contributed by atoms with van der Waals surface area (Å²) in [4.78, 5) is 32.3. The second-order valence-electron chi connectivity index (χ2n) is 7.80. The van der Waals surface area contributed by atoms with Gasteiger partial charge in [-0.25, -0.2) is 4.39 Å². The third-order valence-electron chi connectivity index (χ3n) is 5.14. The number of rotatable bonds is 9. The van der Waals surface area contributed by atoms with Gasteiger partial charge in [-0.1, -0.05) is 12.1 Å². The van der Waals surface area contributed by atoms with E-state index in [0.717, 1.165) is 12.1 Å². The molecule has 3 rings (SSSR count). The maximum atomic E-state index is 13.4. The Labute approximate surface area is 197 Å². The summed E-state index contributed by atoms with van der Waals surface area (Å²) in [6.07, 6.45) is -3.90. The quantitative estimate of drug-likeness (QED) is 0.136. The second-order valence-corrected chi connectivity index (χ2v) is 7.80. The molecule has 0 fully saturated rings. The lowest BCUT2D eigenvalue weighted by Crippen LogP contribution is -2.46. The van der Waals surface area contributed by atoms with Crippen LogP contribution in [0, 0.1) is 5.82 Å². The summed E-state index contributed by atoms with van der Waals surface area (Å²) in [5.74, 6) is -1.69. The lowest BCUT2D eigenvalue weighted by molar-refractivity contribution is -0.137. The normalized spacial score (nSPS) is 12.2. The fourth-order valence-corrected chi connectivity index (χ4v) is 3.36. The number of nitrogens with two attached hydrogens (primary N) is 2. The number of aliphatic imine (C=N–C) groups is 1. The molecule has 0 radical (unpaired) electrons. The van der Waals surface area contributed by atoms with E-state index in [2.05, 4.69) is 20.6 Å². The van der Waals surface area contributed by atoms with Gasteiger partial charge in [-0.2, -0.15) is 13.2 Å². The molecule has 0 aliphatic heterocycles. The SMILES string of the molecule is NC(N)=NCCC[C@@H](NC(=O)c1cc2cc(F)ccc2[nH]1)C(=O)NCc1ccc(C(F)(F)F)cc1. The van der Waals surface area contributed by atoms with Crippen molar-refractivity contribution in [1.82, 2.24) is 15.6 Å². The predicted octanol–water partition coefficient (Wildman–Crippen LogP) is 2.79. The van der Waals surface area contributed by atoms with Crippen molar-refractivity contribution in [2.75, 3.05) is 6.54 Å². The highest BCUT2D eigenvalue weighted by Gasteiger charge is 2.30. The zero-order chi connectivity index (χ0) is 25.6. The molecule has 2 amide bonds. The number of guanidine groups is 1. The number of aromatic nitrogens is 1. The van der Waals surface area contributed by atoms with Crippen LogP contribution in [-0.4, -0.2) is 35.3 Å². The highest BCUT2D eigenvalue weighted by molar-refractivity contribution is 6.00. The third kappa shape index (κ3) is 7.19. The number of hydrogen-bond acceptors (Lipinski definition) is 3. The van der Waals surface area contributed by atoms with Gasteiger partial charge in [0.1, 0.15) is 17.6 Å². The lowest BCUT2D eigenvalue weighted by Gasteiger charge is -2.18. The van der Waals surface area contributed by atoms with Crippen molar-refractivity contribution in [1.29, 1.82) is 0 Å². The number of nitrogens with zero attached hydrogens (tertiary/aromatic N) is 1. The smallest absolute Gasteiger partial charge is 0.370 e. The molecule has 0 aliphatic rings. The average Bonchev–Trinajstić information content (AvgIpc) is 3.22. The van der Waals surface area contributed by atoms with Crippen LogP contribution >= 0.6 is 0 Å². The van der Waals surface area contributed by atoms with Crippen LogP contribution in [0.3, 0.4) is 0 Å². The van der Waals surface area contributed by atoms with E-state index in [9.17, 15) is 27.2 Å². The van der Waals surface area contributed by atoms with Crippen molar-refractivity contribution in [2.45, 2.75) is 31.6 Å². The van der Waals surface area contributed by atoms with Gasteiger partial charge in [-0.05, 0) is 54.8 Å². The fraction of sp³-hybridized carbons (Fsp3) is 0.261. The minimum absolute atomic E-state index is 0.0388. The molecule has 186 valence electrons. The van der Waals surface area contributed by atoms with Gasteiger partial charge in [0, 0.05) is 24.0 Å². The summed E-state index contributed by atoms with van der Waals surface area (Å²) in [6.45, 7) is 0.190. The van der Waals surface area contributed by atoms with Gasteiger partial charge in [-0.15, -0.1) is 0 Å². The van der Waals surface area contributed by atoms with E-state index in [4.69, 9.17) is 11.5 Å². The van der Waals surface area contributed by atoms with E-state index in [1.807, 2.05) is 0 Å². The molecule has 1 heterocycles. The van der Waals surface area contributed by atoms with Crippen LogP contribution in [0.15, 0.2) is 53.5 Å². The summed E-state index contributed by atoms with van der Waals surface area (Å²) in [5, 5.41) is 5.74. The number of hydrogen-bond donors (Lipinski definition) is 5. The van der Waals surface area contributed by atoms with E-state index in [1.54, 1.807) is 0 Å². The number of fused-ring (bicyclic) bond motifs is 1. The molecule has 1 atom stereocenters. The van der Waals surface area contributed by atoms with Crippen LogP contribution in [0.2, 0.25) is 0 Å². The lowest BCUT2D eigenvalue weighted by atomic mass is 10.1. The Bertz CT molecular complexity index is 1220. The molecule has 0 spiro atoms. The van der Waals surface area contributed by atoms with Crippen molar-refractivity contribution >= 4 is 28.7 Å². The van der Waals surface area contributed by atoms with Gasteiger partial charge < -0.3 is 27.1 Å². The molecule has 0 saturated carbocycles. The first kappa shape index (κ1) is 25.5. The molecule has 0 unspecified atom stereocenters. The molecule has 12 heteroatoms. The van der Waals surface area contributed by atoms with Crippen LogP contribution in [0.5, 0.6) is 0 Å². The van der Waals surface area contributed by atoms with Crippen molar-refractivity contribution < 1.29 is 27.2 Å². The van der Waals surface area contributed by atoms with Gasteiger partial charge in [0.05, 0.1) is 5.56 Å². The number of aromatic amines is 1. The summed E-state index contributed by atoms with van der Waals surface area (Å²) in [6, 6.07) is 8.87. The number of H-pyrrole nitrogens is 1. The molecule has 35 heavy (non-hydrogen) atoms. The highest BCUT2D eigenvalue weighted by Crippen LogP contribution is 2.29. The van der Waals surface area contributed by atoms with Gasteiger partial charge in [-0.3, -0.25) is 14.6 Å². The second kappa shape index (κ2) is 10.9. The summed E-state index contributed by atoms with van der Waals surface area (Å²) in [5.41, 5.74) is 10.9. The zero-order valence-electron chi connectivity index (χ0n) is 18.5. The molecule has 0 bridgehead atoms. The van der Waals surface area contributed by atoms with Gasteiger partial charge in [0.2, 0.25) is 5.91 Å². The van der Waals surface area contributed by atoms with Gasteiger partial charge in [0.25, 0.3) is 5.91 Å². The average molecular weight is 492 g/mol. The standard InChI is InChI=1S/C23H24F4N6O2/c24-16-7-8-17-14(10-16)11-19(32-17)21(35)33-18(2-1-9-30-22(28)29)20(34)31-12-13-3-5-15(6-4-13)23(25,26)27/h3-8,10-11,18,32H,1-2,9,12H2,(H,31,34)(H,33,35)(H4,28,29,30)/t18-/m1/s1. The van der Waals surface area contributed by atoms with Gasteiger partial charge >= 0.3 is 6.18 Å². The minimum atomic E-state index is -4.46. The van der Waals surface area contributed by atoms with Crippen LogP contribution in [0.25, 0.3) is 10.9 Å². The van der Waals surface area contributed by atoms with E-state index in [0.29, 0.717) is 22.9 Å². The minimum Gasteiger partial charge on any atom is -0.370 e. The number of benzene rings is 2. The number of alkyl halides is 3. The van der Waals surface area contributed by atoms with Crippen LogP contribution < -0.4 is 22.1 Å². The first-order chi connectivity index (χ1) is 16.5. The largest absolute Gasteiger partial charge is 0.416 e. The number of amides is 2. The molecule has 0 aliphatic carbocycles. The third-order valence-corrected chi connectivity index (χ3v) is 5.14. The van der Waals surface area contributed by atoms with E-state index >= 15 is 0 Å². The molecule has 3 aromatic rings. The van der Waals surface area contributed by atoms with Crippen molar-refractivity contribution in [2.24, 2.45) is 16.5 Å². The number of carbonyl (C=O) groups excluding carboxylic acids is 2.